The van der Waals surface area contributed by atoms with Gasteiger partial charge < -0.3 is 9.84 Å². The van der Waals surface area contributed by atoms with Crippen LogP contribution in [0.25, 0.3) is 0 Å². The second kappa shape index (κ2) is 11.1. The lowest BCUT2D eigenvalue weighted by molar-refractivity contribution is -0.119. The highest BCUT2D eigenvalue weighted by atomic mass is 79.9. The number of nitrogens with one attached hydrogen (secondary N) is 1. The van der Waals surface area contributed by atoms with Crippen molar-refractivity contribution in [3.8, 4) is 11.5 Å². The van der Waals surface area contributed by atoms with Crippen LogP contribution in [0.2, 0.25) is 5.02 Å². The van der Waals surface area contributed by atoms with Gasteiger partial charge in [0.05, 0.1) is 28.4 Å². The molecule has 3 aromatic rings. The van der Waals surface area contributed by atoms with Crippen molar-refractivity contribution >= 4 is 55.4 Å². The van der Waals surface area contributed by atoms with Crippen molar-refractivity contribution in [3.05, 3.63) is 80.8 Å². The Morgan fingerprint density at radius 1 is 1.20 bits per heavy atom. The first kappa shape index (κ1) is 26.5. The Labute approximate surface area is 217 Å². The third kappa shape index (κ3) is 6.14. The van der Waals surface area contributed by atoms with Gasteiger partial charge in [-0.25, -0.2) is 13.8 Å². The minimum Gasteiger partial charge on any atom is -0.503 e. The van der Waals surface area contributed by atoms with E-state index in [9.17, 15) is 18.3 Å². The molecule has 0 aromatic heterocycles. The lowest BCUT2D eigenvalue weighted by atomic mass is 10.2. The van der Waals surface area contributed by atoms with E-state index in [1.807, 2.05) is 6.92 Å². The molecule has 35 heavy (non-hydrogen) atoms. The molecule has 0 saturated heterocycles. The number of hydrogen-bond donors (Lipinski definition) is 2. The van der Waals surface area contributed by atoms with Gasteiger partial charge in [-0.05, 0) is 77.3 Å². The number of aryl methyl sites for hydroxylation is 1. The fourth-order valence-corrected chi connectivity index (χ4v) is 5.28. The summed E-state index contributed by atoms with van der Waals surface area (Å²) < 4.78 is 33.5. The Kier molecular flexibility index (Phi) is 8.42. The van der Waals surface area contributed by atoms with Gasteiger partial charge in [-0.1, -0.05) is 35.4 Å². The molecule has 0 aliphatic carbocycles. The molecule has 11 heteroatoms. The molecule has 0 radical (unpaired) electrons. The largest absolute Gasteiger partial charge is 0.503 e. The number of aromatic hydroxyl groups is 1. The molecular weight excluding hydrogens is 558 g/mol. The van der Waals surface area contributed by atoms with E-state index < -0.39 is 22.5 Å². The van der Waals surface area contributed by atoms with Crippen molar-refractivity contribution in [1.29, 1.82) is 0 Å². The predicted octanol–water partition coefficient (Wildman–Crippen LogP) is 4.78. The number of rotatable bonds is 8. The summed E-state index contributed by atoms with van der Waals surface area (Å²) in [7, 11) is -2.68. The minimum atomic E-state index is -4.09. The van der Waals surface area contributed by atoms with Gasteiger partial charge in [0.1, 0.15) is 6.54 Å². The fourth-order valence-electron chi connectivity index (χ4n) is 3.17. The number of sulfonamides is 1. The highest BCUT2D eigenvalue weighted by molar-refractivity contribution is 9.10. The van der Waals surface area contributed by atoms with Crippen LogP contribution in [0.15, 0.2) is 69.1 Å². The Bertz CT molecular complexity index is 1380. The van der Waals surface area contributed by atoms with Gasteiger partial charge in [-0.3, -0.25) is 9.10 Å². The molecule has 8 nitrogen and oxygen atoms in total. The number of carbonyl (C=O) groups excluding carboxylic acids is 1. The number of anilines is 1. The molecule has 2 N–H and O–H groups in total. The van der Waals surface area contributed by atoms with Gasteiger partial charge in [0.25, 0.3) is 15.9 Å². The van der Waals surface area contributed by atoms with Crippen molar-refractivity contribution in [2.24, 2.45) is 5.10 Å². The number of amides is 1. The Morgan fingerprint density at radius 2 is 1.89 bits per heavy atom. The quantitative estimate of drug-likeness (QED) is 0.295. The topological polar surface area (TPSA) is 108 Å². The number of halogens is 2. The maximum Gasteiger partial charge on any atom is 0.264 e. The van der Waals surface area contributed by atoms with E-state index in [1.54, 1.807) is 43.3 Å². The van der Waals surface area contributed by atoms with Crippen LogP contribution in [0.5, 0.6) is 11.5 Å². The first-order chi connectivity index (χ1) is 16.5. The molecule has 0 bridgehead atoms. The zero-order valence-corrected chi connectivity index (χ0v) is 22.3. The molecule has 0 aliphatic heterocycles. The summed E-state index contributed by atoms with van der Waals surface area (Å²) in [6.07, 6.45) is 1.34. The number of carbonyl (C=O) groups is 1. The molecule has 0 fully saturated rings. The van der Waals surface area contributed by atoms with Crippen LogP contribution in [-0.4, -0.2) is 39.3 Å². The third-order valence-corrected chi connectivity index (χ3v) is 7.87. The Balaban J connectivity index is 1.89. The average molecular weight is 581 g/mol. The van der Waals surface area contributed by atoms with E-state index in [0.29, 0.717) is 20.6 Å². The van der Waals surface area contributed by atoms with Crippen LogP contribution in [0.3, 0.4) is 0 Å². The number of hydrazone groups is 1. The molecule has 3 rings (SSSR count). The van der Waals surface area contributed by atoms with Crippen molar-refractivity contribution < 1.29 is 23.1 Å². The second-order valence-corrected chi connectivity index (χ2v) is 10.7. The van der Waals surface area contributed by atoms with Crippen LogP contribution >= 0.6 is 27.5 Å². The zero-order chi connectivity index (χ0) is 25.8. The number of phenolic OH excluding ortho intramolecular Hbond substituents is 1. The third-order valence-electron chi connectivity index (χ3n) is 5.08. The number of phenols is 1. The zero-order valence-electron chi connectivity index (χ0n) is 19.1. The lowest BCUT2D eigenvalue weighted by Gasteiger charge is -2.25. The summed E-state index contributed by atoms with van der Waals surface area (Å²) in [4.78, 5) is 12.8. The van der Waals surface area contributed by atoms with Crippen LogP contribution < -0.4 is 14.5 Å². The number of hydrogen-bond acceptors (Lipinski definition) is 6. The first-order valence-electron chi connectivity index (χ1n) is 10.3. The molecule has 1 amide bonds. The first-order valence-corrected chi connectivity index (χ1v) is 12.9. The predicted molar refractivity (Wildman–Crippen MR) is 140 cm³/mol. The normalized spacial score (nSPS) is 11.5. The monoisotopic (exact) mass is 579 g/mol. The van der Waals surface area contributed by atoms with E-state index in [1.165, 1.54) is 31.5 Å². The molecule has 0 atom stereocenters. The maximum absolute atomic E-state index is 13.5. The highest BCUT2D eigenvalue weighted by Gasteiger charge is 2.28. The van der Waals surface area contributed by atoms with E-state index >= 15 is 0 Å². The molecule has 0 heterocycles. The summed E-state index contributed by atoms with van der Waals surface area (Å²) in [6.45, 7) is 3.00. The number of methoxy groups -OCH3 is 1. The summed E-state index contributed by atoms with van der Waals surface area (Å²) >= 11 is 9.45. The van der Waals surface area contributed by atoms with Gasteiger partial charge in [0, 0.05) is 5.02 Å². The van der Waals surface area contributed by atoms with Crippen LogP contribution in [-0.2, 0) is 14.8 Å². The van der Waals surface area contributed by atoms with Gasteiger partial charge >= 0.3 is 0 Å². The van der Waals surface area contributed by atoms with Crippen LogP contribution in [0.4, 0.5) is 5.69 Å². The van der Waals surface area contributed by atoms with E-state index in [0.717, 1.165) is 9.87 Å². The lowest BCUT2D eigenvalue weighted by Crippen LogP contribution is -2.40. The minimum absolute atomic E-state index is 0.0415. The molecule has 0 saturated carbocycles. The summed E-state index contributed by atoms with van der Waals surface area (Å²) in [5.41, 5.74) is 4.57. The summed E-state index contributed by atoms with van der Waals surface area (Å²) in [6, 6.07) is 14.3. The smallest absolute Gasteiger partial charge is 0.264 e. The molecule has 0 aliphatic rings. The Morgan fingerprint density at radius 3 is 2.54 bits per heavy atom. The van der Waals surface area contributed by atoms with E-state index in [-0.39, 0.29) is 22.1 Å². The average Bonchev–Trinajstić information content (AvgIpc) is 2.82. The van der Waals surface area contributed by atoms with Gasteiger partial charge in [-0.15, -0.1) is 0 Å². The van der Waals surface area contributed by atoms with Crippen molar-refractivity contribution in [2.75, 3.05) is 18.0 Å². The SMILES string of the molecule is COc1cc(/C=N\NC(=O)CN(c2cccc(Cl)c2C)S(=O)(=O)c2ccc(C)cc2)cc(Br)c1O. The highest BCUT2D eigenvalue weighted by Crippen LogP contribution is 2.35. The van der Waals surface area contributed by atoms with Crippen molar-refractivity contribution in [1.82, 2.24) is 5.43 Å². The van der Waals surface area contributed by atoms with Crippen molar-refractivity contribution in [3.63, 3.8) is 0 Å². The summed E-state index contributed by atoms with van der Waals surface area (Å²) in [5.74, 6) is -0.511. The molecule has 0 unspecified atom stereocenters. The van der Waals surface area contributed by atoms with E-state index in [2.05, 4.69) is 26.5 Å². The Hall–Kier alpha value is -3.08. The molecule has 3 aromatic carbocycles. The number of benzene rings is 3. The molecule has 0 spiro atoms. The summed E-state index contributed by atoms with van der Waals surface area (Å²) in [5, 5.41) is 14.2. The maximum atomic E-state index is 13.5. The van der Waals surface area contributed by atoms with Crippen molar-refractivity contribution in [2.45, 2.75) is 18.7 Å². The fraction of sp³-hybridized carbons (Fsp3) is 0.167. The number of ether oxygens (including phenoxy) is 1. The standard InChI is InChI=1S/C24H23BrClN3O5S/c1-15-7-9-18(10-8-15)35(32,33)29(21-6-4-5-20(26)16(21)2)14-23(30)28-27-13-17-11-19(25)24(31)22(12-17)34-3/h4-13,31H,14H2,1-3H3,(H,28,30)/b27-13-. The second-order valence-electron chi connectivity index (χ2n) is 7.56. The van der Waals surface area contributed by atoms with Crippen LogP contribution in [0.1, 0.15) is 16.7 Å². The molecule has 184 valence electrons. The van der Waals surface area contributed by atoms with E-state index in [4.69, 9.17) is 16.3 Å². The number of nitrogens with zero attached hydrogens (tertiary/aromatic N) is 2. The van der Waals surface area contributed by atoms with Crippen LogP contribution in [0, 0.1) is 13.8 Å². The van der Waals surface area contributed by atoms with Gasteiger partial charge in [-0.2, -0.15) is 5.10 Å². The molecular formula is C24H23BrClN3O5S. The van der Waals surface area contributed by atoms with Gasteiger partial charge in [0.15, 0.2) is 11.5 Å². The van der Waals surface area contributed by atoms with Gasteiger partial charge in [0.2, 0.25) is 0 Å².